The molecule has 1 aliphatic heterocycles. The number of benzene rings is 3. The number of amides is 2. The topological polar surface area (TPSA) is 72.9 Å². The molecule has 9 heteroatoms. The van der Waals surface area contributed by atoms with E-state index in [0.29, 0.717) is 26.9 Å². The first-order valence-electron chi connectivity index (χ1n) is 10.2. The lowest BCUT2D eigenvalue weighted by Crippen LogP contribution is -2.42. The second-order valence-corrected chi connectivity index (χ2v) is 10.2. The summed E-state index contributed by atoms with van der Waals surface area (Å²) in [4.78, 5) is 38.0. The third-order valence-corrected chi connectivity index (χ3v) is 7.33. The minimum absolute atomic E-state index is 0.226. The minimum atomic E-state index is -0.993. The van der Waals surface area contributed by atoms with E-state index in [9.17, 15) is 14.4 Å². The van der Waals surface area contributed by atoms with E-state index >= 15 is 0 Å². The standard InChI is InChI=1S/C25H19Br2NO5S/c1-14(24(30)32-2)28-23(29)21(34-25(28)31)12-16-10-19(26)22(20(27)11-16)33-13-15-7-8-17-5-3-4-6-18(17)9-15/h3-12,14H,13H2,1-2H3/b21-12+/t14-/m1/s1. The van der Waals surface area contributed by atoms with Gasteiger partial charge in [-0.25, -0.2) is 4.79 Å². The molecule has 3 aromatic carbocycles. The monoisotopic (exact) mass is 603 g/mol. The number of carbonyl (C=O) groups is 3. The highest BCUT2D eigenvalue weighted by atomic mass is 79.9. The predicted octanol–water partition coefficient (Wildman–Crippen LogP) is 6.54. The maximum absolute atomic E-state index is 12.7. The average Bonchev–Trinajstić information content (AvgIpc) is 3.09. The van der Waals surface area contributed by atoms with Crippen molar-refractivity contribution in [2.24, 2.45) is 0 Å². The lowest BCUT2D eigenvalue weighted by molar-refractivity contribution is -0.148. The predicted molar refractivity (Wildman–Crippen MR) is 139 cm³/mol. The molecule has 2 amide bonds. The molecule has 0 saturated carbocycles. The molecule has 1 heterocycles. The van der Waals surface area contributed by atoms with Gasteiger partial charge >= 0.3 is 5.97 Å². The lowest BCUT2D eigenvalue weighted by Gasteiger charge is -2.18. The van der Waals surface area contributed by atoms with Gasteiger partial charge in [0, 0.05) is 0 Å². The van der Waals surface area contributed by atoms with Crippen molar-refractivity contribution < 1.29 is 23.9 Å². The van der Waals surface area contributed by atoms with E-state index in [4.69, 9.17) is 4.74 Å². The molecule has 0 bridgehead atoms. The van der Waals surface area contributed by atoms with E-state index in [1.165, 1.54) is 19.4 Å². The zero-order chi connectivity index (χ0) is 24.4. The number of methoxy groups -OCH3 is 1. The minimum Gasteiger partial charge on any atom is -0.487 e. The quantitative estimate of drug-likeness (QED) is 0.235. The fourth-order valence-electron chi connectivity index (χ4n) is 3.53. The van der Waals surface area contributed by atoms with Gasteiger partial charge in [0.2, 0.25) is 0 Å². The fraction of sp³-hybridized carbons (Fsp3) is 0.160. The van der Waals surface area contributed by atoms with Crippen LogP contribution in [0.3, 0.4) is 0 Å². The van der Waals surface area contributed by atoms with Crippen LogP contribution in [0.4, 0.5) is 4.79 Å². The van der Waals surface area contributed by atoms with Gasteiger partial charge in [0.1, 0.15) is 18.4 Å². The summed E-state index contributed by atoms with van der Waals surface area (Å²) >= 11 is 7.86. The Morgan fingerprint density at radius 3 is 2.41 bits per heavy atom. The van der Waals surface area contributed by atoms with E-state index in [1.807, 2.05) is 18.2 Å². The van der Waals surface area contributed by atoms with Crippen LogP contribution in [0.15, 0.2) is 68.4 Å². The molecule has 0 N–H and O–H groups in total. The maximum atomic E-state index is 12.7. The van der Waals surface area contributed by atoms with Crippen molar-refractivity contribution in [3.8, 4) is 5.75 Å². The van der Waals surface area contributed by atoms with Crippen LogP contribution in [-0.4, -0.2) is 35.2 Å². The molecule has 4 rings (SSSR count). The first kappa shape index (κ1) is 24.5. The highest BCUT2D eigenvalue weighted by molar-refractivity contribution is 9.11. The molecule has 174 valence electrons. The number of halogens is 2. The van der Waals surface area contributed by atoms with Crippen molar-refractivity contribution in [3.05, 3.63) is 79.6 Å². The van der Waals surface area contributed by atoms with Crippen molar-refractivity contribution in [2.75, 3.05) is 7.11 Å². The number of nitrogens with zero attached hydrogens (tertiary/aromatic N) is 1. The summed E-state index contributed by atoms with van der Waals surface area (Å²) in [5.74, 6) is -0.559. The molecule has 1 atom stereocenters. The Morgan fingerprint density at radius 1 is 1.06 bits per heavy atom. The summed E-state index contributed by atoms with van der Waals surface area (Å²) in [5.41, 5.74) is 1.73. The number of hydrogen-bond acceptors (Lipinski definition) is 6. The number of carbonyl (C=O) groups excluding carboxylic acids is 3. The fourth-order valence-corrected chi connectivity index (χ4v) is 5.88. The molecule has 0 aliphatic carbocycles. The van der Waals surface area contributed by atoms with Crippen LogP contribution in [0.5, 0.6) is 5.75 Å². The highest BCUT2D eigenvalue weighted by Gasteiger charge is 2.41. The summed E-state index contributed by atoms with van der Waals surface area (Å²) in [6.45, 7) is 1.84. The maximum Gasteiger partial charge on any atom is 0.328 e. The Kier molecular flexibility index (Phi) is 7.45. The molecule has 3 aromatic rings. The van der Waals surface area contributed by atoms with E-state index < -0.39 is 23.2 Å². The molecule has 6 nitrogen and oxygen atoms in total. The van der Waals surface area contributed by atoms with Crippen LogP contribution in [0.1, 0.15) is 18.1 Å². The molecule has 1 aliphatic rings. The van der Waals surface area contributed by atoms with Crippen molar-refractivity contribution in [3.63, 3.8) is 0 Å². The number of imide groups is 1. The van der Waals surface area contributed by atoms with E-state index in [-0.39, 0.29) is 4.91 Å². The zero-order valence-electron chi connectivity index (χ0n) is 18.2. The molecule has 0 aromatic heterocycles. The molecule has 1 fully saturated rings. The van der Waals surface area contributed by atoms with E-state index in [1.54, 1.807) is 18.2 Å². The highest BCUT2D eigenvalue weighted by Crippen LogP contribution is 2.38. The molecule has 0 radical (unpaired) electrons. The number of rotatable bonds is 6. The van der Waals surface area contributed by atoms with Crippen molar-refractivity contribution >= 4 is 77.6 Å². The van der Waals surface area contributed by atoms with Crippen molar-refractivity contribution in [2.45, 2.75) is 19.6 Å². The molecule has 0 spiro atoms. The number of ether oxygens (including phenoxy) is 2. The van der Waals surface area contributed by atoms with Gasteiger partial charge < -0.3 is 9.47 Å². The van der Waals surface area contributed by atoms with Gasteiger partial charge in [-0.1, -0.05) is 36.4 Å². The smallest absolute Gasteiger partial charge is 0.328 e. The van der Waals surface area contributed by atoms with Crippen LogP contribution in [0.25, 0.3) is 16.8 Å². The van der Waals surface area contributed by atoms with Gasteiger partial charge in [-0.05, 0) is 96.7 Å². The second kappa shape index (κ2) is 10.3. The zero-order valence-corrected chi connectivity index (χ0v) is 22.2. The van der Waals surface area contributed by atoms with Crippen LogP contribution in [-0.2, 0) is 20.9 Å². The van der Waals surface area contributed by atoms with Gasteiger partial charge in [-0.2, -0.15) is 0 Å². The largest absolute Gasteiger partial charge is 0.487 e. The van der Waals surface area contributed by atoms with Crippen molar-refractivity contribution in [1.29, 1.82) is 0 Å². The Hall–Kier alpha value is -2.62. The number of esters is 1. The van der Waals surface area contributed by atoms with Gasteiger partial charge in [-0.15, -0.1) is 0 Å². The molecule has 1 saturated heterocycles. The summed E-state index contributed by atoms with van der Waals surface area (Å²) in [7, 11) is 1.21. The summed E-state index contributed by atoms with van der Waals surface area (Å²) in [6.07, 6.45) is 1.61. The van der Waals surface area contributed by atoms with Crippen LogP contribution in [0, 0.1) is 0 Å². The average molecular weight is 605 g/mol. The Morgan fingerprint density at radius 2 is 1.74 bits per heavy atom. The summed E-state index contributed by atoms with van der Waals surface area (Å²) in [5, 5.41) is 1.80. The molecular formula is C25H19Br2NO5S. The summed E-state index contributed by atoms with van der Waals surface area (Å²) < 4.78 is 12.1. The normalized spacial score (nSPS) is 15.8. The molecule has 34 heavy (non-hydrogen) atoms. The lowest BCUT2D eigenvalue weighted by atomic mass is 10.1. The van der Waals surface area contributed by atoms with Crippen LogP contribution in [0.2, 0.25) is 0 Å². The van der Waals surface area contributed by atoms with Crippen LogP contribution < -0.4 is 4.74 Å². The van der Waals surface area contributed by atoms with Gasteiger partial charge in [0.05, 0.1) is 21.0 Å². The van der Waals surface area contributed by atoms with Gasteiger partial charge in [-0.3, -0.25) is 14.5 Å². The number of thioether (sulfide) groups is 1. The SMILES string of the molecule is COC(=O)[C@@H](C)N1C(=O)S/C(=C/c2cc(Br)c(OCc3ccc4ccccc4c3)c(Br)c2)C1=O. The first-order valence-corrected chi connectivity index (χ1v) is 12.6. The van der Waals surface area contributed by atoms with Crippen LogP contribution >= 0.6 is 43.6 Å². The Balaban J connectivity index is 1.52. The summed E-state index contributed by atoms with van der Waals surface area (Å²) in [6, 6.07) is 16.9. The van der Waals surface area contributed by atoms with E-state index in [0.717, 1.165) is 27.6 Å². The molecule has 0 unspecified atom stereocenters. The third-order valence-electron chi connectivity index (χ3n) is 5.27. The van der Waals surface area contributed by atoms with Gasteiger partial charge in [0.15, 0.2) is 0 Å². The number of hydrogen-bond donors (Lipinski definition) is 0. The first-order chi connectivity index (χ1) is 16.3. The number of fused-ring (bicyclic) bond motifs is 1. The van der Waals surface area contributed by atoms with Gasteiger partial charge in [0.25, 0.3) is 11.1 Å². The van der Waals surface area contributed by atoms with Crippen molar-refractivity contribution in [1.82, 2.24) is 4.90 Å². The third kappa shape index (κ3) is 5.06. The second-order valence-electron chi connectivity index (χ2n) is 7.53. The Bertz CT molecular complexity index is 1320. The van der Waals surface area contributed by atoms with E-state index in [2.05, 4.69) is 60.9 Å². The Labute approximate surface area is 217 Å². The molecular weight excluding hydrogens is 586 g/mol.